The summed E-state index contributed by atoms with van der Waals surface area (Å²) in [5.74, 6) is 0. The monoisotopic (exact) mass is 587 g/mol. The van der Waals surface area contributed by atoms with Crippen LogP contribution in [0.4, 0.5) is 0 Å². The van der Waals surface area contributed by atoms with Crippen molar-refractivity contribution in [3.05, 3.63) is 174 Å². The predicted molar refractivity (Wildman–Crippen MR) is 173 cm³/mol. The van der Waals surface area contributed by atoms with E-state index in [4.69, 9.17) is 0 Å². The van der Waals surface area contributed by atoms with E-state index >= 15 is 0 Å². The zero-order chi connectivity index (χ0) is 27.0. The van der Waals surface area contributed by atoms with E-state index in [0.717, 1.165) is 0 Å². The summed E-state index contributed by atoms with van der Waals surface area (Å²) in [4.78, 5) is 0. The van der Waals surface area contributed by atoms with Crippen LogP contribution in [0.3, 0.4) is 0 Å². The molecule has 1 nitrogen and oxygen atoms in total. The first-order valence-electron chi connectivity index (χ1n) is 14.1. The summed E-state index contributed by atoms with van der Waals surface area (Å²) in [6, 6.07) is 53.9. The maximum absolute atomic E-state index is 2.43. The molecule has 6 aromatic carbocycles. The summed E-state index contributed by atoms with van der Waals surface area (Å²) in [7, 11) is 0. The molecule has 0 saturated heterocycles. The van der Waals surface area contributed by atoms with E-state index in [1.807, 2.05) is 0 Å². The number of nitrogens with zero attached hydrogens (tertiary/aromatic N) is 1. The third-order valence-electron chi connectivity index (χ3n) is 8.93. The molecule has 192 valence electrons. The average molecular weight is 587 g/mol. The minimum atomic E-state index is -0.372. The molecular formula is C39H25NSe. The Kier molecular flexibility index (Phi) is 4.90. The van der Waals surface area contributed by atoms with Gasteiger partial charge in [0, 0.05) is 0 Å². The Hall–Kier alpha value is -4.62. The number of hydrogen-bond acceptors (Lipinski definition) is 0. The molecule has 2 aromatic heterocycles. The molecule has 0 atom stereocenters. The zero-order valence-corrected chi connectivity index (χ0v) is 24.0. The van der Waals surface area contributed by atoms with Gasteiger partial charge in [-0.25, -0.2) is 0 Å². The Balaban J connectivity index is 1.37. The van der Waals surface area contributed by atoms with E-state index < -0.39 is 0 Å². The van der Waals surface area contributed by atoms with Crippen molar-refractivity contribution in [3.8, 4) is 16.8 Å². The van der Waals surface area contributed by atoms with Crippen molar-refractivity contribution in [2.45, 2.75) is 5.41 Å². The van der Waals surface area contributed by atoms with Crippen molar-refractivity contribution in [2.75, 3.05) is 0 Å². The van der Waals surface area contributed by atoms with Gasteiger partial charge in [-0.2, -0.15) is 0 Å². The predicted octanol–water partition coefficient (Wildman–Crippen LogP) is 9.36. The standard InChI is InChI=1S/C39H25NSe/c1-3-12-26(13-4-1)39(27-14-5-2-6-15-27)32-19-9-7-17-30(32)37-31-24-25-40(34(31)23-22-33(37)39)35-20-11-18-29-28-16-8-10-21-36(28)41-38(29)35/h1-25H. The Bertz CT molecular complexity index is 2210. The summed E-state index contributed by atoms with van der Waals surface area (Å²) in [6.45, 7) is 0. The summed E-state index contributed by atoms with van der Waals surface area (Å²) in [5.41, 5.74) is 10.2. The molecule has 0 unspecified atom stereocenters. The van der Waals surface area contributed by atoms with Crippen LogP contribution in [-0.2, 0) is 5.41 Å². The van der Waals surface area contributed by atoms with E-state index in [1.54, 1.807) is 0 Å². The Morgan fingerprint density at radius 3 is 1.98 bits per heavy atom. The first kappa shape index (κ1) is 23.1. The van der Waals surface area contributed by atoms with Crippen LogP contribution in [0.1, 0.15) is 22.3 Å². The molecule has 8 aromatic rings. The van der Waals surface area contributed by atoms with Crippen LogP contribution >= 0.6 is 0 Å². The fourth-order valence-electron chi connectivity index (χ4n) is 7.29. The zero-order valence-electron chi connectivity index (χ0n) is 22.3. The van der Waals surface area contributed by atoms with Gasteiger partial charge in [0.2, 0.25) is 0 Å². The van der Waals surface area contributed by atoms with Crippen molar-refractivity contribution >= 4 is 44.7 Å². The van der Waals surface area contributed by atoms with E-state index in [0.29, 0.717) is 0 Å². The summed E-state index contributed by atoms with van der Waals surface area (Å²) < 4.78 is 5.38. The first-order valence-corrected chi connectivity index (χ1v) is 15.8. The molecule has 1 aliphatic rings. The second kappa shape index (κ2) is 8.69. The molecule has 2 heteroatoms. The molecule has 9 rings (SSSR count). The summed E-state index contributed by atoms with van der Waals surface area (Å²) in [6.07, 6.45) is 2.28. The number of hydrogen-bond donors (Lipinski definition) is 0. The van der Waals surface area contributed by atoms with Gasteiger partial charge in [-0.05, 0) is 0 Å². The first-order chi connectivity index (χ1) is 20.4. The molecule has 0 spiro atoms. The molecule has 2 heterocycles. The molecular weight excluding hydrogens is 561 g/mol. The third kappa shape index (κ3) is 3.07. The van der Waals surface area contributed by atoms with E-state index in [-0.39, 0.29) is 19.9 Å². The number of rotatable bonds is 3. The van der Waals surface area contributed by atoms with E-state index in [2.05, 4.69) is 156 Å². The van der Waals surface area contributed by atoms with Crippen molar-refractivity contribution < 1.29 is 0 Å². The molecule has 0 aliphatic heterocycles. The molecule has 0 bridgehead atoms. The van der Waals surface area contributed by atoms with Crippen LogP contribution in [-0.4, -0.2) is 19.1 Å². The van der Waals surface area contributed by atoms with Crippen molar-refractivity contribution in [3.63, 3.8) is 0 Å². The molecule has 41 heavy (non-hydrogen) atoms. The number of aromatic nitrogens is 1. The second-order valence-electron chi connectivity index (χ2n) is 10.9. The van der Waals surface area contributed by atoms with Crippen LogP contribution in [0.2, 0.25) is 0 Å². The third-order valence-corrected chi connectivity index (χ3v) is 11.5. The van der Waals surface area contributed by atoms with Gasteiger partial charge < -0.3 is 0 Å². The summed E-state index contributed by atoms with van der Waals surface area (Å²) in [5, 5.41) is 4.09. The van der Waals surface area contributed by atoms with Gasteiger partial charge in [0.1, 0.15) is 0 Å². The van der Waals surface area contributed by atoms with E-state index in [1.165, 1.54) is 69.3 Å². The van der Waals surface area contributed by atoms with Crippen LogP contribution in [0.5, 0.6) is 0 Å². The van der Waals surface area contributed by atoms with Crippen LogP contribution < -0.4 is 0 Å². The molecule has 0 saturated carbocycles. The maximum atomic E-state index is 2.43. The van der Waals surface area contributed by atoms with Gasteiger partial charge in [-0.15, -0.1) is 0 Å². The number of benzene rings is 6. The van der Waals surface area contributed by atoms with Crippen LogP contribution in [0.15, 0.2) is 152 Å². The fraction of sp³-hybridized carbons (Fsp3) is 0.0256. The molecule has 0 amide bonds. The van der Waals surface area contributed by atoms with Crippen molar-refractivity contribution in [1.29, 1.82) is 0 Å². The van der Waals surface area contributed by atoms with E-state index in [9.17, 15) is 0 Å². The van der Waals surface area contributed by atoms with Gasteiger partial charge in [0.05, 0.1) is 0 Å². The van der Waals surface area contributed by atoms with Gasteiger partial charge >= 0.3 is 246 Å². The van der Waals surface area contributed by atoms with Gasteiger partial charge in [-0.1, -0.05) is 0 Å². The number of fused-ring (bicyclic) bond motifs is 8. The average Bonchev–Trinajstić information content (AvgIpc) is 3.72. The Morgan fingerprint density at radius 1 is 0.488 bits per heavy atom. The molecule has 0 N–H and O–H groups in total. The van der Waals surface area contributed by atoms with Crippen LogP contribution in [0, 0.1) is 0 Å². The Morgan fingerprint density at radius 2 is 1.17 bits per heavy atom. The Labute approximate surface area is 244 Å². The summed E-state index contributed by atoms with van der Waals surface area (Å²) >= 11 is 0.290. The molecule has 1 aliphatic carbocycles. The molecule has 0 radical (unpaired) electrons. The van der Waals surface area contributed by atoms with Gasteiger partial charge in [0.15, 0.2) is 0 Å². The van der Waals surface area contributed by atoms with Crippen molar-refractivity contribution in [1.82, 2.24) is 4.57 Å². The SMILES string of the molecule is c1ccc(C2(c3ccccc3)c3ccccc3-c3c2ccc2c3ccn2-c2cccc3c2[se]c2ccccc23)cc1. The van der Waals surface area contributed by atoms with Gasteiger partial charge in [-0.3, -0.25) is 0 Å². The topological polar surface area (TPSA) is 4.93 Å². The van der Waals surface area contributed by atoms with Gasteiger partial charge in [0.25, 0.3) is 0 Å². The molecule has 0 fully saturated rings. The van der Waals surface area contributed by atoms with Crippen LogP contribution in [0.25, 0.3) is 47.0 Å². The normalized spacial score (nSPS) is 13.6. The fourth-order valence-corrected chi connectivity index (χ4v) is 9.84. The quantitative estimate of drug-likeness (QED) is 0.182. The minimum absolute atomic E-state index is 0.290. The second-order valence-corrected chi connectivity index (χ2v) is 13.1. The van der Waals surface area contributed by atoms with Crippen molar-refractivity contribution in [2.24, 2.45) is 0 Å².